The van der Waals surface area contributed by atoms with E-state index in [1.807, 2.05) is 0 Å². The lowest BCUT2D eigenvalue weighted by molar-refractivity contribution is 0.0867. The lowest BCUT2D eigenvalue weighted by Crippen LogP contribution is -2.25. The molecule has 17 heavy (non-hydrogen) atoms. The number of halogens is 1. The van der Waals surface area contributed by atoms with Crippen LogP contribution < -0.4 is 5.32 Å². The zero-order chi connectivity index (χ0) is 12.5. The van der Waals surface area contributed by atoms with Gasteiger partial charge in [0.05, 0.1) is 13.2 Å². The Labute approximate surface area is 99.4 Å². The highest BCUT2D eigenvalue weighted by molar-refractivity contribution is 5.94. The van der Waals surface area contributed by atoms with Gasteiger partial charge in [-0.1, -0.05) is 0 Å². The van der Waals surface area contributed by atoms with E-state index < -0.39 is 0 Å². The van der Waals surface area contributed by atoms with Gasteiger partial charge in [-0.2, -0.15) is 0 Å². The first-order valence-corrected chi connectivity index (χ1v) is 5.46. The summed E-state index contributed by atoms with van der Waals surface area (Å²) in [6.07, 6.45) is 0.674. The molecule has 0 heterocycles. The van der Waals surface area contributed by atoms with Crippen molar-refractivity contribution < 1.29 is 19.0 Å². The van der Waals surface area contributed by atoms with Crippen LogP contribution in [0.3, 0.4) is 0 Å². The Bertz CT molecular complexity index is 340. The Kier molecular flexibility index (Phi) is 6.21. The maximum absolute atomic E-state index is 12.6. The lowest BCUT2D eigenvalue weighted by atomic mass is 10.2. The average Bonchev–Trinajstić information content (AvgIpc) is 2.34. The highest BCUT2D eigenvalue weighted by Crippen LogP contribution is 2.02. The fraction of sp³-hybridized carbons (Fsp3) is 0.417. The van der Waals surface area contributed by atoms with Crippen LogP contribution in [0.15, 0.2) is 24.3 Å². The normalized spacial score (nSPS) is 10.2. The third kappa shape index (κ3) is 5.42. The molecule has 0 fully saturated rings. The van der Waals surface area contributed by atoms with Crippen LogP contribution in [0.2, 0.25) is 0 Å². The molecule has 0 aliphatic rings. The number of aliphatic hydroxyl groups is 1. The second kappa shape index (κ2) is 7.76. The van der Waals surface area contributed by atoms with Crippen molar-refractivity contribution in [2.75, 3.05) is 26.4 Å². The zero-order valence-electron chi connectivity index (χ0n) is 9.49. The minimum atomic E-state index is -0.362. The van der Waals surface area contributed by atoms with Crippen LogP contribution in [0, 0.1) is 5.82 Å². The van der Waals surface area contributed by atoms with Crippen LogP contribution in [0.4, 0.5) is 4.39 Å². The van der Waals surface area contributed by atoms with E-state index in [1.165, 1.54) is 24.3 Å². The number of nitrogens with one attached hydrogen (secondary N) is 1. The van der Waals surface area contributed by atoms with E-state index in [0.29, 0.717) is 31.7 Å². The number of amides is 1. The molecule has 2 N–H and O–H groups in total. The van der Waals surface area contributed by atoms with Crippen molar-refractivity contribution in [3.63, 3.8) is 0 Å². The molecule has 1 aromatic rings. The first kappa shape index (κ1) is 13.6. The van der Waals surface area contributed by atoms with Gasteiger partial charge < -0.3 is 15.2 Å². The fourth-order valence-corrected chi connectivity index (χ4v) is 1.25. The topological polar surface area (TPSA) is 58.6 Å². The van der Waals surface area contributed by atoms with E-state index in [0.717, 1.165) is 0 Å². The summed E-state index contributed by atoms with van der Waals surface area (Å²) in [5, 5.41) is 11.1. The van der Waals surface area contributed by atoms with Gasteiger partial charge in [-0.25, -0.2) is 4.39 Å². The van der Waals surface area contributed by atoms with Crippen molar-refractivity contribution in [2.24, 2.45) is 0 Å². The molecule has 0 saturated carbocycles. The summed E-state index contributed by atoms with van der Waals surface area (Å²) < 4.78 is 17.6. The molecule has 0 saturated heterocycles. The number of hydrogen-bond donors (Lipinski definition) is 2. The molecule has 1 aromatic carbocycles. The Morgan fingerprint density at radius 3 is 2.65 bits per heavy atom. The number of ether oxygens (including phenoxy) is 1. The minimum Gasteiger partial charge on any atom is -0.394 e. The lowest BCUT2D eigenvalue weighted by Gasteiger charge is -2.05. The predicted molar refractivity (Wildman–Crippen MR) is 61.3 cm³/mol. The molecule has 0 bridgehead atoms. The van der Waals surface area contributed by atoms with E-state index in [1.54, 1.807) is 0 Å². The molecule has 1 amide bonds. The number of hydrogen-bond acceptors (Lipinski definition) is 3. The summed E-state index contributed by atoms with van der Waals surface area (Å²) in [7, 11) is 0. The molecule has 0 aliphatic heterocycles. The van der Waals surface area contributed by atoms with Gasteiger partial charge in [0.15, 0.2) is 0 Å². The van der Waals surface area contributed by atoms with E-state index in [2.05, 4.69) is 5.32 Å². The molecule has 0 radical (unpaired) electrons. The number of rotatable bonds is 7. The van der Waals surface area contributed by atoms with E-state index in [-0.39, 0.29) is 18.3 Å². The fourth-order valence-electron chi connectivity index (χ4n) is 1.25. The molecule has 0 aliphatic carbocycles. The van der Waals surface area contributed by atoms with Crippen LogP contribution in [0.25, 0.3) is 0 Å². The highest BCUT2D eigenvalue weighted by atomic mass is 19.1. The van der Waals surface area contributed by atoms with Crippen LogP contribution >= 0.6 is 0 Å². The molecule has 0 atom stereocenters. The summed E-state index contributed by atoms with van der Waals surface area (Å²) in [6.45, 7) is 1.29. The molecule has 5 heteroatoms. The summed E-state index contributed by atoms with van der Waals surface area (Å²) in [6, 6.07) is 5.37. The average molecular weight is 241 g/mol. The van der Waals surface area contributed by atoms with Gasteiger partial charge in [-0.05, 0) is 30.7 Å². The maximum atomic E-state index is 12.6. The van der Waals surface area contributed by atoms with E-state index in [9.17, 15) is 9.18 Å². The second-order valence-electron chi connectivity index (χ2n) is 3.45. The monoisotopic (exact) mass is 241 g/mol. The van der Waals surface area contributed by atoms with Crippen molar-refractivity contribution >= 4 is 5.91 Å². The van der Waals surface area contributed by atoms with Crippen LogP contribution in [0.5, 0.6) is 0 Å². The van der Waals surface area contributed by atoms with Crippen molar-refractivity contribution in [1.82, 2.24) is 5.32 Å². The molecular weight excluding hydrogens is 225 g/mol. The van der Waals surface area contributed by atoms with Gasteiger partial charge in [0.25, 0.3) is 5.91 Å². The predicted octanol–water partition coefficient (Wildman–Crippen LogP) is 0.954. The van der Waals surface area contributed by atoms with Gasteiger partial charge in [-0.3, -0.25) is 4.79 Å². The third-order valence-electron chi connectivity index (χ3n) is 2.09. The Morgan fingerprint density at radius 1 is 1.29 bits per heavy atom. The standard InChI is InChI=1S/C12H16FNO3/c13-11-4-2-10(3-5-11)12(16)14-6-1-8-17-9-7-15/h2-5,15H,1,6-9H2,(H,14,16). The smallest absolute Gasteiger partial charge is 0.251 e. The van der Waals surface area contributed by atoms with Crippen molar-refractivity contribution in [3.8, 4) is 0 Å². The number of aliphatic hydroxyl groups excluding tert-OH is 1. The molecule has 0 aromatic heterocycles. The summed E-state index contributed by atoms with van der Waals surface area (Å²) in [5.41, 5.74) is 0.433. The number of benzene rings is 1. The first-order valence-electron chi connectivity index (χ1n) is 5.46. The maximum Gasteiger partial charge on any atom is 0.251 e. The van der Waals surface area contributed by atoms with Crippen molar-refractivity contribution in [3.05, 3.63) is 35.6 Å². The Balaban J connectivity index is 2.19. The van der Waals surface area contributed by atoms with Crippen LogP contribution in [-0.2, 0) is 4.74 Å². The van der Waals surface area contributed by atoms with Gasteiger partial charge in [0.2, 0.25) is 0 Å². The largest absolute Gasteiger partial charge is 0.394 e. The molecule has 94 valence electrons. The SMILES string of the molecule is O=C(NCCCOCCO)c1ccc(F)cc1. The molecule has 1 rings (SSSR count). The number of carbonyl (C=O) groups excluding carboxylic acids is 1. The van der Waals surface area contributed by atoms with Gasteiger partial charge in [0, 0.05) is 18.7 Å². The number of carbonyl (C=O) groups is 1. The second-order valence-corrected chi connectivity index (χ2v) is 3.45. The van der Waals surface area contributed by atoms with E-state index in [4.69, 9.17) is 9.84 Å². The minimum absolute atomic E-state index is 0.00192. The van der Waals surface area contributed by atoms with Gasteiger partial charge in [-0.15, -0.1) is 0 Å². The van der Waals surface area contributed by atoms with E-state index >= 15 is 0 Å². The summed E-state index contributed by atoms with van der Waals surface area (Å²) >= 11 is 0. The van der Waals surface area contributed by atoms with Crippen LogP contribution in [0.1, 0.15) is 16.8 Å². The molecule has 4 nitrogen and oxygen atoms in total. The summed E-state index contributed by atoms with van der Waals surface area (Å²) in [5.74, 6) is -0.592. The Hall–Kier alpha value is -1.46. The Morgan fingerprint density at radius 2 is 2.00 bits per heavy atom. The molecule has 0 unspecified atom stereocenters. The highest BCUT2D eigenvalue weighted by Gasteiger charge is 2.03. The third-order valence-corrected chi connectivity index (χ3v) is 2.09. The zero-order valence-corrected chi connectivity index (χ0v) is 9.49. The van der Waals surface area contributed by atoms with Gasteiger partial charge >= 0.3 is 0 Å². The summed E-state index contributed by atoms with van der Waals surface area (Å²) in [4.78, 5) is 11.5. The molecule has 0 spiro atoms. The first-order chi connectivity index (χ1) is 8.24. The van der Waals surface area contributed by atoms with Crippen molar-refractivity contribution in [1.29, 1.82) is 0 Å². The van der Waals surface area contributed by atoms with Gasteiger partial charge in [0.1, 0.15) is 5.82 Å². The van der Waals surface area contributed by atoms with Crippen molar-refractivity contribution in [2.45, 2.75) is 6.42 Å². The van der Waals surface area contributed by atoms with Crippen LogP contribution in [-0.4, -0.2) is 37.4 Å². The quantitative estimate of drug-likeness (QED) is 0.699. The molecular formula is C12H16FNO3.